The normalized spacial score (nSPS) is 21.5. The number of halogens is 2. The lowest BCUT2D eigenvalue weighted by Crippen LogP contribution is -2.39. The number of aryl methyl sites for hydroxylation is 1. The van der Waals surface area contributed by atoms with Gasteiger partial charge in [-0.25, -0.2) is 23.3 Å². The van der Waals surface area contributed by atoms with Gasteiger partial charge in [0.2, 0.25) is 0 Å². The van der Waals surface area contributed by atoms with Crippen molar-refractivity contribution in [3.05, 3.63) is 53.1 Å². The molecule has 2 fully saturated rings. The van der Waals surface area contributed by atoms with Gasteiger partial charge < -0.3 is 9.80 Å². The number of amides is 1. The van der Waals surface area contributed by atoms with Gasteiger partial charge in [0.05, 0.1) is 17.9 Å². The Hall–Kier alpha value is -3.10. The molecule has 0 unspecified atom stereocenters. The molecule has 2 aliphatic heterocycles. The van der Waals surface area contributed by atoms with Crippen LogP contribution in [0.5, 0.6) is 0 Å². The number of likely N-dealkylation sites (tertiary alicyclic amines) is 1. The van der Waals surface area contributed by atoms with E-state index in [0.717, 1.165) is 61.3 Å². The zero-order valence-corrected chi connectivity index (χ0v) is 18.3. The zero-order valence-electron chi connectivity index (χ0n) is 18.3. The number of rotatable bonds is 3. The molecule has 5 rings (SSSR count). The number of nitrogens with zero attached hydrogens (tertiary/aromatic N) is 6. The second-order valence-electron chi connectivity index (χ2n) is 8.95. The van der Waals surface area contributed by atoms with Crippen molar-refractivity contribution in [3.63, 3.8) is 0 Å². The van der Waals surface area contributed by atoms with E-state index in [1.807, 2.05) is 19.2 Å². The number of carbonyl (C=O) groups excluding carboxylic acids is 1. The summed E-state index contributed by atoms with van der Waals surface area (Å²) in [5.41, 5.74) is 2.14. The molecule has 2 atom stereocenters. The highest BCUT2D eigenvalue weighted by atomic mass is 19.1. The Bertz CT molecular complexity index is 1180. The molecule has 2 aliphatic rings. The third kappa shape index (κ3) is 3.69. The van der Waals surface area contributed by atoms with Gasteiger partial charge in [0.1, 0.15) is 11.6 Å². The second-order valence-corrected chi connectivity index (χ2v) is 8.95. The van der Waals surface area contributed by atoms with Crippen molar-refractivity contribution in [2.75, 3.05) is 24.5 Å². The topological polar surface area (TPSA) is 66.6 Å². The van der Waals surface area contributed by atoms with Gasteiger partial charge in [-0.15, -0.1) is 0 Å². The first-order valence-electron chi connectivity index (χ1n) is 11.1. The highest BCUT2D eigenvalue weighted by Crippen LogP contribution is 2.33. The first-order chi connectivity index (χ1) is 15.4. The number of piperidine rings is 1. The third-order valence-electron chi connectivity index (χ3n) is 6.46. The van der Waals surface area contributed by atoms with Crippen molar-refractivity contribution in [1.29, 1.82) is 0 Å². The first kappa shape index (κ1) is 20.8. The molecule has 168 valence electrons. The Labute approximate surface area is 185 Å². The Morgan fingerprint density at radius 3 is 2.75 bits per heavy atom. The summed E-state index contributed by atoms with van der Waals surface area (Å²) >= 11 is 0. The molecule has 0 radical (unpaired) electrons. The Morgan fingerprint density at radius 2 is 2.00 bits per heavy atom. The molecule has 2 saturated heterocycles. The molecule has 0 aromatic carbocycles. The van der Waals surface area contributed by atoms with Gasteiger partial charge >= 0.3 is 0 Å². The number of pyridine rings is 1. The fourth-order valence-corrected chi connectivity index (χ4v) is 4.82. The average Bonchev–Trinajstić information content (AvgIpc) is 3.38. The Balaban J connectivity index is 1.47. The molecule has 0 N–H and O–H groups in total. The van der Waals surface area contributed by atoms with Crippen LogP contribution < -0.4 is 4.90 Å². The van der Waals surface area contributed by atoms with Crippen LogP contribution in [0, 0.1) is 24.5 Å². The predicted molar refractivity (Wildman–Crippen MR) is 115 cm³/mol. The predicted octanol–water partition coefficient (Wildman–Crippen LogP) is 3.92. The minimum Gasteiger partial charge on any atom is -0.356 e. The maximum Gasteiger partial charge on any atom is 0.276 e. The molecule has 0 bridgehead atoms. The Kier molecular flexibility index (Phi) is 5.27. The molecule has 32 heavy (non-hydrogen) atoms. The fourth-order valence-electron chi connectivity index (χ4n) is 4.82. The maximum atomic E-state index is 14.2. The molecule has 5 heterocycles. The van der Waals surface area contributed by atoms with Gasteiger partial charge in [0.25, 0.3) is 5.91 Å². The van der Waals surface area contributed by atoms with E-state index in [-0.39, 0.29) is 11.7 Å². The van der Waals surface area contributed by atoms with E-state index in [0.29, 0.717) is 24.9 Å². The van der Waals surface area contributed by atoms with Crippen molar-refractivity contribution in [3.8, 4) is 0 Å². The van der Waals surface area contributed by atoms with Crippen molar-refractivity contribution < 1.29 is 13.6 Å². The number of anilines is 1. The van der Waals surface area contributed by atoms with Crippen LogP contribution in [0.15, 0.2) is 24.5 Å². The molecule has 3 aromatic heterocycles. The van der Waals surface area contributed by atoms with Crippen molar-refractivity contribution >= 4 is 17.4 Å². The van der Waals surface area contributed by atoms with E-state index in [2.05, 4.69) is 16.8 Å². The summed E-state index contributed by atoms with van der Waals surface area (Å²) in [7, 11) is 0. The third-order valence-corrected chi connectivity index (χ3v) is 6.46. The average molecular weight is 440 g/mol. The van der Waals surface area contributed by atoms with Crippen molar-refractivity contribution in [2.24, 2.45) is 5.92 Å². The summed E-state index contributed by atoms with van der Waals surface area (Å²) in [4.78, 5) is 25.6. The lowest BCUT2D eigenvalue weighted by Gasteiger charge is -2.34. The van der Waals surface area contributed by atoms with Gasteiger partial charge in [0, 0.05) is 43.5 Å². The molecule has 1 amide bonds. The van der Waals surface area contributed by atoms with Crippen LogP contribution in [-0.4, -0.2) is 50.0 Å². The van der Waals surface area contributed by atoms with E-state index in [9.17, 15) is 13.6 Å². The molecule has 9 heteroatoms. The van der Waals surface area contributed by atoms with Gasteiger partial charge in [-0.2, -0.15) is 5.10 Å². The van der Waals surface area contributed by atoms with Crippen LogP contribution in [0.1, 0.15) is 60.4 Å². The van der Waals surface area contributed by atoms with Crippen LogP contribution in [0.3, 0.4) is 0 Å². The summed E-state index contributed by atoms with van der Waals surface area (Å²) in [6.45, 7) is 6.74. The minimum atomic E-state index is -0.948. The van der Waals surface area contributed by atoms with E-state index in [1.54, 1.807) is 9.42 Å². The first-order valence-corrected chi connectivity index (χ1v) is 11.1. The summed E-state index contributed by atoms with van der Waals surface area (Å²) in [6.07, 6.45) is 6.46. The van der Waals surface area contributed by atoms with Crippen molar-refractivity contribution in [2.45, 2.75) is 45.6 Å². The lowest BCUT2D eigenvalue weighted by atomic mass is 9.99. The SMILES string of the molecule is Cc1cn2nc([C@@H]3CCCCN3C(=O)c3ncc(F)cc3F)cc2nc1N1CC[C@H](C)C1. The fraction of sp³-hybridized carbons (Fsp3) is 0.478. The van der Waals surface area contributed by atoms with Gasteiger partial charge in [0.15, 0.2) is 17.2 Å². The quantitative estimate of drug-likeness (QED) is 0.618. The van der Waals surface area contributed by atoms with Crippen LogP contribution in [0.4, 0.5) is 14.6 Å². The zero-order chi connectivity index (χ0) is 22.4. The van der Waals surface area contributed by atoms with E-state index >= 15 is 0 Å². The standard InChI is InChI=1S/C23H26F2N6O/c1-14-6-8-29(12-14)22-15(2)13-31-20(27-22)10-18(28-31)19-5-3-4-7-30(19)23(32)21-17(25)9-16(24)11-26-21/h9-11,13-14,19H,3-8,12H2,1-2H3/t14-,19-/m0/s1. The highest BCUT2D eigenvalue weighted by molar-refractivity contribution is 5.93. The van der Waals surface area contributed by atoms with Gasteiger partial charge in [-0.3, -0.25) is 4.79 Å². The molecule has 0 saturated carbocycles. The molecular formula is C23H26F2N6O. The number of fused-ring (bicyclic) bond motifs is 1. The monoisotopic (exact) mass is 440 g/mol. The summed E-state index contributed by atoms with van der Waals surface area (Å²) in [5.74, 6) is -0.673. The lowest BCUT2D eigenvalue weighted by molar-refractivity contribution is 0.0594. The van der Waals surface area contributed by atoms with Gasteiger partial charge in [-0.05, 0) is 38.5 Å². The summed E-state index contributed by atoms with van der Waals surface area (Å²) in [6, 6.07) is 2.30. The number of hydrogen-bond donors (Lipinski definition) is 0. The molecular weight excluding hydrogens is 414 g/mol. The van der Waals surface area contributed by atoms with Gasteiger partial charge in [-0.1, -0.05) is 6.92 Å². The van der Waals surface area contributed by atoms with Crippen LogP contribution >= 0.6 is 0 Å². The summed E-state index contributed by atoms with van der Waals surface area (Å²) in [5, 5.41) is 4.71. The van der Waals surface area contributed by atoms with Crippen molar-refractivity contribution in [1.82, 2.24) is 24.5 Å². The molecule has 3 aromatic rings. The van der Waals surface area contributed by atoms with Crippen LogP contribution in [0.2, 0.25) is 0 Å². The van der Waals surface area contributed by atoms with E-state index in [4.69, 9.17) is 10.1 Å². The van der Waals surface area contributed by atoms with Crippen LogP contribution in [0.25, 0.3) is 5.65 Å². The molecule has 0 aliphatic carbocycles. The minimum absolute atomic E-state index is 0.306. The molecule has 0 spiro atoms. The number of hydrogen-bond acceptors (Lipinski definition) is 5. The maximum absolute atomic E-state index is 14.2. The smallest absolute Gasteiger partial charge is 0.276 e. The van der Waals surface area contributed by atoms with E-state index < -0.39 is 17.5 Å². The van der Waals surface area contributed by atoms with Crippen LogP contribution in [-0.2, 0) is 0 Å². The second kappa shape index (κ2) is 8.11. The summed E-state index contributed by atoms with van der Waals surface area (Å²) < 4.78 is 29.2. The highest BCUT2D eigenvalue weighted by Gasteiger charge is 2.33. The number of carbonyl (C=O) groups is 1. The molecule has 7 nitrogen and oxygen atoms in total. The Morgan fingerprint density at radius 1 is 1.16 bits per heavy atom. The number of aromatic nitrogens is 4. The van der Waals surface area contributed by atoms with E-state index in [1.165, 1.54) is 0 Å². The largest absolute Gasteiger partial charge is 0.356 e.